The Morgan fingerprint density at radius 3 is 2.83 bits per heavy atom. The quantitative estimate of drug-likeness (QED) is 0.816. The van der Waals surface area contributed by atoms with Crippen LogP contribution in [0.3, 0.4) is 0 Å². The Balaban J connectivity index is 2.11. The standard InChI is InChI=1S/C14H22FN3/c1-2-6-16-10-12-9-13(15)11-17-14(12)18-7-4-3-5-8-18/h9,11,16H,2-8,10H2,1H3. The predicted octanol–water partition coefficient (Wildman–Crippen LogP) is 2.71. The zero-order valence-corrected chi connectivity index (χ0v) is 11.1. The molecule has 0 radical (unpaired) electrons. The molecule has 0 aromatic carbocycles. The van der Waals surface area contributed by atoms with Crippen LogP contribution in [0.5, 0.6) is 0 Å². The van der Waals surface area contributed by atoms with E-state index in [1.54, 1.807) is 6.07 Å². The maximum atomic E-state index is 13.3. The van der Waals surface area contributed by atoms with Crippen LogP contribution >= 0.6 is 0 Å². The molecular weight excluding hydrogens is 229 g/mol. The second-order valence-corrected chi connectivity index (χ2v) is 4.86. The minimum atomic E-state index is -0.246. The Hall–Kier alpha value is -1.16. The van der Waals surface area contributed by atoms with Crippen molar-refractivity contribution in [2.75, 3.05) is 24.5 Å². The van der Waals surface area contributed by atoms with E-state index in [1.165, 1.54) is 25.5 Å². The summed E-state index contributed by atoms with van der Waals surface area (Å²) >= 11 is 0. The van der Waals surface area contributed by atoms with Crippen LogP contribution in [0.15, 0.2) is 12.3 Å². The molecule has 1 aromatic heterocycles. The third-order valence-electron chi connectivity index (χ3n) is 3.31. The molecule has 0 aliphatic carbocycles. The molecule has 1 N–H and O–H groups in total. The van der Waals surface area contributed by atoms with E-state index >= 15 is 0 Å². The summed E-state index contributed by atoms with van der Waals surface area (Å²) in [4.78, 5) is 6.58. The minimum absolute atomic E-state index is 0.246. The molecule has 1 aliphatic rings. The number of halogens is 1. The van der Waals surface area contributed by atoms with Crippen LogP contribution < -0.4 is 10.2 Å². The number of hydrogen-bond donors (Lipinski definition) is 1. The summed E-state index contributed by atoms with van der Waals surface area (Å²) in [7, 11) is 0. The summed E-state index contributed by atoms with van der Waals surface area (Å²) < 4.78 is 13.3. The first-order valence-electron chi connectivity index (χ1n) is 6.91. The Morgan fingerprint density at radius 1 is 1.33 bits per heavy atom. The van der Waals surface area contributed by atoms with E-state index in [-0.39, 0.29) is 5.82 Å². The molecule has 0 spiro atoms. The van der Waals surface area contributed by atoms with Gasteiger partial charge in [-0.05, 0) is 38.3 Å². The van der Waals surface area contributed by atoms with Crippen molar-refractivity contribution in [3.05, 3.63) is 23.6 Å². The highest BCUT2D eigenvalue weighted by Gasteiger charge is 2.16. The third-order valence-corrected chi connectivity index (χ3v) is 3.31. The molecule has 0 amide bonds. The number of hydrogen-bond acceptors (Lipinski definition) is 3. The lowest BCUT2D eigenvalue weighted by Gasteiger charge is -2.29. The van der Waals surface area contributed by atoms with Crippen molar-refractivity contribution in [2.24, 2.45) is 0 Å². The predicted molar refractivity (Wildman–Crippen MR) is 72.3 cm³/mol. The third kappa shape index (κ3) is 3.42. The van der Waals surface area contributed by atoms with Crippen LogP contribution in [0.2, 0.25) is 0 Å². The topological polar surface area (TPSA) is 28.2 Å². The van der Waals surface area contributed by atoms with Gasteiger partial charge in [0.05, 0.1) is 6.20 Å². The Kier molecular flexibility index (Phi) is 4.93. The van der Waals surface area contributed by atoms with Gasteiger partial charge in [-0.25, -0.2) is 9.37 Å². The van der Waals surface area contributed by atoms with Gasteiger partial charge in [0.25, 0.3) is 0 Å². The zero-order valence-electron chi connectivity index (χ0n) is 11.1. The van der Waals surface area contributed by atoms with Crippen molar-refractivity contribution >= 4 is 5.82 Å². The summed E-state index contributed by atoms with van der Waals surface area (Å²) in [6.45, 7) is 5.86. The molecule has 2 heterocycles. The highest BCUT2D eigenvalue weighted by atomic mass is 19.1. The Morgan fingerprint density at radius 2 is 2.11 bits per heavy atom. The number of aromatic nitrogens is 1. The molecule has 0 bridgehead atoms. The number of piperidine rings is 1. The molecule has 0 saturated carbocycles. The van der Waals surface area contributed by atoms with Crippen LogP contribution in [-0.4, -0.2) is 24.6 Å². The fourth-order valence-electron chi connectivity index (χ4n) is 2.39. The van der Waals surface area contributed by atoms with Crippen LogP contribution in [0, 0.1) is 5.82 Å². The number of rotatable bonds is 5. The number of anilines is 1. The summed E-state index contributed by atoms with van der Waals surface area (Å²) in [6.07, 6.45) is 6.12. The van der Waals surface area contributed by atoms with Gasteiger partial charge in [-0.15, -0.1) is 0 Å². The SMILES string of the molecule is CCCNCc1cc(F)cnc1N1CCCCC1. The molecule has 2 rings (SSSR count). The molecule has 1 aromatic rings. The van der Waals surface area contributed by atoms with Gasteiger partial charge < -0.3 is 10.2 Å². The number of nitrogens with one attached hydrogen (secondary N) is 1. The van der Waals surface area contributed by atoms with Gasteiger partial charge in [-0.2, -0.15) is 0 Å². The lowest BCUT2D eigenvalue weighted by atomic mass is 10.1. The molecule has 1 fully saturated rings. The first-order chi connectivity index (χ1) is 8.81. The molecule has 3 nitrogen and oxygen atoms in total. The van der Waals surface area contributed by atoms with E-state index in [2.05, 4.69) is 22.1 Å². The normalized spacial score (nSPS) is 16.0. The average molecular weight is 251 g/mol. The Labute approximate surface area is 108 Å². The van der Waals surface area contributed by atoms with Gasteiger partial charge in [-0.1, -0.05) is 6.92 Å². The lowest BCUT2D eigenvalue weighted by molar-refractivity contribution is 0.564. The van der Waals surface area contributed by atoms with Crippen molar-refractivity contribution in [1.29, 1.82) is 0 Å². The largest absolute Gasteiger partial charge is 0.356 e. The van der Waals surface area contributed by atoms with Gasteiger partial charge in [0.2, 0.25) is 0 Å². The Bertz CT molecular complexity index is 375. The molecule has 100 valence electrons. The van der Waals surface area contributed by atoms with Crippen molar-refractivity contribution in [2.45, 2.75) is 39.2 Å². The van der Waals surface area contributed by atoms with Gasteiger partial charge in [0, 0.05) is 25.2 Å². The number of nitrogens with zero attached hydrogens (tertiary/aromatic N) is 2. The zero-order chi connectivity index (χ0) is 12.8. The van der Waals surface area contributed by atoms with E-state index in [9.17, 15) is 4.39 Å². The fourth-order valence-corrected chi connectivity index (χ4v) is 2.39. The molecule has 0 atom stereocenters. The van der Waals surface area contributed by atoms with Crippen molar-refractivity contribution in [1.82, 2.24) is 10.3 Å². The highest BCUT2D eigenvalue weighted by Crippen LogP contribution is 2.22. The smallest absolute Gasteiger partial charge is 0.141 e. The summed E-state index contributed by atoms with van der Waals surface area (Å²) in [5, 5.41) is 3.32. The molecule has 1 aliphatic heterocycles. The molecular formula is C14H22FN3. The van der Waals surface area contributed by atoms with E-state index in [1.807, 2.05) is 0 Å². The van der Waals surface area contributed by atoms with E-state index in [4.69, 9.17) is 0 Å². The van der Waals surface area contributed by atoms with Gasteiger partial charge in [0.15, 0.2) is 0 Å². The monoisotopic (exact) mass is 251 g/mol. The van der Waals surface area contributed by atoms with Crippen molar-refractivity contribution in [3.8, 4) is 0 Å². The second kappa shape index (κ2) is 6.69. The minimum Gasteiger partial charge on any atom is -0.356 e. The van der Waals surface area contributed by atoms with Crippen molar-refractivity contribution < 1.29 is 4.39 Å². The first-order valence-corrected chi connectivity index (χ1v) is 6.91. The molecule has 18 heavy (non-hydrogen) atoms. The summed E-state index contributed by atoms with van der Waals surface area (Å²) in [5.41, 5.74) is 0.977. The van der Waals surface area contributed by atoms with E-state index in [0.29, 0.717) is 6.54 Å². The lowest BCUT2D eigenvalue weighted by Crippen LogP contribution is -2.31. The fraction of sp³-hybridized carbons (Fsp3) is 0.643. The van der Waals surface area contributed by atoms with Gasteiger partial charge >= 0.3 is 0 Å². The highest BCUT2D eigenvalue weighted by molar-refractivity contribution is 5.47. The average Bonchev–Trinajstić information content (AvgIpc) is 2.40. The molecule has 1 saturated heterocycles. The van der Waals surface area contributed by atoms with Gasteiger partial charge in [0.1, 0.15) is 11.6 Å². The summed E-state index contributed by atoms with van der Waals surface area (Å²) in [6, 6.07) is 1.61. The first kappa shape index (κ1) is 13.3. The second-order valence-electron chi connectivity index (χ2n) is 4.86. The molecule has 4 heteroatoms. The van der Waals surface area contributed by atoms with Crippen LogP contribution in [0.25, 0.3) is 0 Å². The van der Waals surface area contributed by atoms with Crippen LogP contribution in [0.4, 0.5) is 10.2 Å². The maximum absolute atomic E-state index is 13.3. The van der Waals surface area contributed by atoms with E-state index < -0.39 is 0 Å². The van der Waals surface area contributed by atoms with E-state index in [0.717, 1.165) is 37.4 Å². The van der Waals surface area contributed by atoms with Crippen LogP contribution in [-0.2, 0) is 6.54 Å². The maximum Gasteiger partial charge on any atom is 0.141 e. The van der Waals surface area contributed by atoms with Gasteiger partial charge in [-0.3, -0.25) is 0 Å². The molecule has 0 unspecified atom stereocenters. The summed E-state index contributed by atoms with van der Waals surface area (Å²) in [5.74, 6) is 0.712. The van der Waals surface area contributed by atoms with Crippen molar-refractivity contribution in [3.63, 3.8) is 0 Å². The number of pyridine rings is 1. The van der Waals surface area contributed by atoms with Crippen LogP contribution in [0.1, 0.15) is 38.2 Å².